The molecule has 8 nitrogen and oxygen atoms in total. The zero-order chi connectivity index (χ0) is 28.7. The quantitative estimate of drug-likeness (QED) is 0.189. The number of rotatable bonds is 10. The van der Waals surface area contributed by atoms with Crippen molar-refractivity contribution in [1.29, 1.82) is 0 Å². The summed E-state index contributed by atoms with van der Waals surface area (Å²) in [5, 5.41) is 4.61. The molecule has 0 unspecified atom stereocenters. The van der Waals surface area contributed by atoms with Crippen LogP contribution in [-0.4, -0.2) is 34.8 Å². The second-order valence-electron chi connectivity index (χ2n) is 8.75. The number of ether oxygens (including phenoxy) is 2. The van der Waals surface area contributed by atoms with E-state index in [9.17, 15) is 13.2 Å². The van der Waals surface area contributed by atoms with E-state index in [1.54, 1.807) is 91.0 Å². The Morgan fingerprint density at radius 3 is 2.30 bits per heavy atom. The standard InChI is InChI=1S/C30H28ClN3O5S/c1-21-11-17-25(18-12-21)40(36,37)34(20-22-13-15-24(31)16-14-22)27-9-5-4-8-26(27)30(35)33-32-19-23-7-6-10-28(38-2)29(23)39-3/h4-19H,20H2,1-3H3,(H,33,35)/b32-19+. The molecule has 0 aromatic heterocycles. The van der Waals surface area contributed by atoms with Gasteiger partial charge in [0.25, 0.3) is 15.9 Å². The van der Waals surface area contributed by atoms with Crippen LogP contribution in [0.25, 0.3) is 0 Å². The van der Waals surface area contributed by atoms with E-state index in [1.165, 1.54) is 24.7 Å². The van der Waals surface area contributed by atoms with Crippen molar-refractivity contribution in [3.05, 3.63) is 118 Å². The van der Waals surface area contributed by atoms with E-state index >= 15 is 0 Å². The van der Waals surface area contributed by atoms with Gasteiger partial charge in [0.15, 0.2) is 11.5 Å². The Labute approximate surface area is 238 Å². The lowest BCUT2D eigenvalue weighted by atomic mass is 10.1. The van der Waals surface area contributed by atoms with E-state index in [0.717, 1.165) is 5.56 Å². The fourth-order valence-electron chi connectivity index (χ4n) is 4.01. The monoisotopic (exact) mass is 577 g/mol. The summed E-state index contributed by atoms with van der Waals surface area (Å²) in [4.78, 5) is 13.4. The summed E-state index contributed by atoms with van der Waals surface area (Å²) < 4.78 is 39.8. The van der Waals surface area contributed by atoms with Crippen molar-refractivity contribution in [2.24, 2.45) is 5.10 Å². The van der Waals surface area contributed by atoms with Crippen molar-refractivity contribution in [3.8, 4) is 11.5 Å². The Morgan fingerprint density at radius 2 is 1.62 bits per heavy atom. The lowest BCUT2D eigenvalue weighted by Crippen LogP contribution is -2.33. The number of halogens is 1. The molecule has 1 N–H and O–H groups in total. The molecule has 0 aliphatic carbocycles. The summed E-state index contributed by atoms with van der Waals surface area (Å²) in [7, 11) is -1.03. The maximum Gasteiger partial charge on any atom is 0.273 e. The highest BCUT2D eigenvalue weighted by Gasteiger charge is 2.28. The first kappa shape index (κ1) is 28.7. The summed E-state index contributed by atoms with van der Waals surface area (Å²) in [6.07, 6.45) is 1.43. The van der Waals surface area contributed by atoms with Crippen molar-refractivity contribution in [2.45, 2.75) is 18.4 Å². The number of nitrogens with zero attached hydrogens (tertiary/aromatic N) is 2. The van der Waals surface area contributed by atoms with E-state index in [0.29, 0.717) is 27.6 Å². The second kappa shape index (κ2) is 12.7. The van der Waals surface area contributed by atoms with E-state index in [2.05, 4.69) is 10.5 Å². The van der Waals surface area contributed by atoms with Gasteiger partial charge in [-0.25, -0.2) is 13.8 Å². The number of amides is 1. The average Bonchev–Trinajstić information content (AvgIpc) is 2.96. The molecule has 4 rings (SSSR count). The number of hydrazone groups is 1. The first-order valence-electron chi connectivity index (χ1n) is 12.2. The highest BCUT2D eigenvalue weighted by atomic mass is 35.5. The minimum Gasteiger partial charge on any atom is -0.493 e. The van der Waals surface area contributed by atoms with Gasteiger partial charge in [-0.05, 0) is 61.0 Å². The van der Waals surface area contributed by atoms with Gasteiger partial charge in [-0.2, -0.15) is 5.10 Å². The number of aryl methyl sites for hydroxylation is 1. The number of methoxy groups -OCH3 is 2. The predicted molar refractivity (Wildman–Crippen MR) is 157 cm³/mol. The molecule has 0 radical (unpaired) electrons. The Kier molecular flexibility index (Phi) is 9.08. The summed E-state index contributed by atoms with van der Waals surface area (Å²) >= 11 is 6.05. The van der Waals surface area contributed by atoms with Crippen molar-refractivity contribution < 1.29 is 22.7 Å². The van der Waals surface area contributed by atoms with Gasteiger partial charge >= 0.3 is 0 Å². The number of hydrogen-bond acceptors (Lipinski definition) is 6. The maximum atomic E-state index is 13.9. The van der Waals surface area contributed by atoms with Crippen molar-refractivity contribution in [1.82, 2.24) is 5.43 Å². The molecule has 0 fully saturated rings. The summed E-state index contributed by atoms with van der Waals surface area (Å²) in [5.74, 6) is 0.387. The highest BCUT2D eigenvalue weighted by Crippen LogP contribution is 2.31. The number of sulfonamides is 1. The van der Waals surface area contributed by atoms with Gasteiger partial charge in [-0.15, -0.1) is 0 Å². The molecule has 4 aromatic rings. The zero-order valence-electron chi connectivity index (χ0n) is 22.2. The van der Waals surface area contributed by atoms with Gasteiger partial charge in [-0.1, -0.05) is 59.6 Å². The van der Waals surface area contributed by atoms with Gasteiger partial charge in [0, 0.05) is 10.6 Å². The van der Waals surface area contributed by atoms with Crippen molar-refractivity contribution in [2.75, 3.05) is 18.5 Å². The molecule has 0 heterocycles. The van der Waals surface area contributed by atoms with Crippen LogP contribution in [-0.2, 0) is 16.6 Å². The molecule has 0 aliphatic heterocycles. The normalized spacial score (nSPS) is 11.3. The Bertz CT molecular complexity index is 1620. The Morgan fingerprint density at radius 1 is 0.925 bits per heavy atom. The Balaban J connectivity index is 1.70. The molecule has 0 aliphatic rings. The van der Waals surface area contributed by atoms with Crippen LogP contribution in [0.1, 0.15) is 27.0 Å². The lowest BCUT2D eigenvalue weighted by Gasteiger charge is -2.26. The lowest BCUT2D eigenvalue weighted by molar-refractivity contribution is 0.0955. The van der Waals surface area contributed by atoms with E-state index in [4.69, 9.17) is 21.1 Å². The molecule has 40 heavy (non-hydrogen) atoms. The molecule has 1 amide bonds. The van der Waals surface area contributed by atoms with Crippen LogP contribution in [0.5, 0.6) is 11.5 Å². The van der Waals surface area contributed by atoms with Crippen molar-refractivity contribution >= 4 is 39.4 Å². The van der Waals surface area contributed by atoms with Crippen LogP contribution in [0, 0.1) is 6.92 Å². The fraction of sp³-hybridized carbons (Fsp3) is 0.133. The number of nitrogens with one attached hydrogen (secondary N) is 1. The van der Waals surface area contributed by atoms with Crippen molar-refractivity contribution in [3.63, 3.8) is 0 Å². The minimum absolute atomic E-state index is 0.0258. The first-order valence-corrected chi connectivity index (χ1v) is 14.0. The predicted octanol–water partition coefficient (Wildman–Crippen LogP) is 5.83. The average molecular weight is 578 g/mol. The fourth-order valence-corrected chi connectivity index (χ4v) is 5.61. The minimum atomic E-state index is -4.06. The summed E-state index contributed by atoms with van der Waals surface area (Å²) in [6, 6.07) is 25.2. The van der Waals surface area contributed by atoms with E-state index in [1.807, 2.05) is 6.92 Å². The number of carbonyl (C=O) groups is 1. The van der Waals surface area contributed by atoms with Crippen LogP contribution in [0.4, 0.5) is 5.69 Å². The number of hydrogen-bond donors (Lipinski definition) is 1. The molecule has 0 atom stereocenters. The summed E-state index contributed by atoms with van der Waals surface area (Å²) in [6.45, 7) is 1.85. The molecule has 0 saturated heterocycles. The molecule has 10 heteroatoms. The largest absolute Gasteiger partial charge is 0.493 e. The van der Waals surface area contributed by atoms with E-state index in [-0.39, 0.29) is 22.7 Å². The zero-order valence-corrected chi connectivity index (χ0v) is 23.7. The topological polar surface area (TPSA) is 97.3 Å². The number of carbonyl (C=O) groups excluding carboxylic acids is 1. The first-order chi connectivity index (χ1) is 19.2. The smallest absolute Gasteiger partial charge is 0.273 e. The van der Waals surface area contributed by atoms with E-state index < -0.39 is 15.9 Å². The van der Waals surface area contributed by atoms with Crippen LogP contribution in [0.3, 0.4) is 0 Å². The maximum absolute atomic E-state index is 13.9. The molecular formula is C30H28ClN3O5S. The number of benzene rings is 4. The second-order valence-corrected chi connectivity index (χ2v) is 11.0. The third kappa shape index (κ3) is 6.44. The molecule has 206 valence electrons. The third-order valence-corrected chi connectivity index (χ3v) is 8.09. The van der Waals surface area contributed by atoms with Gasteiger partial charge < -0.3 is 9.47 Å². The third-order valence-electron chi connectivity index (χ3n) is 6.07. The van der Waals surface area contributed by atoms with Gasteiger partial charge in [0.2, 0.25) is 0 Å². The summed E-state index contributed by atoms with van der Waals surface area (Å²) in [5.41, 5.74) is 5.02. The highest BCUT2D eigenvalue weighted by molar-refractivity contribution is 7.92. The SMILES string of the molecule is COc1cccc(/C=N/NC(=O)c2ccccc2N(Cc2ccc(Cl)cc2)S(=O)(=O)c2ccc(C)cc2)c1OC. The number of para-hydroxylation sites is 2. The molecule has 0 saturated carbocycles. The molecule has 0 bridgehead atoms. The Hall–Kier alpha value is -4.34. The number of anilines is 1. The molecular weight excluding hydrogens is 550 g/mol. The van der Waals surface area contributed by atoms with Gasteiger partial charge in [0.05, 0.1) is 43.1 Å². The van der Waals surface area contributed by atoms with Crippen LogP contribution < -0.4 is 19.2 Å². The van der Waals surface area contributed by atoms with Crippen LogP contribution in [0.15, 0.2) is 101 Å². The van der Waals surface area contributed by atoms with Crippen LogP contribution in [0.2, 0.25) is 5.02 Å². The van der Waals surface area contributed by atoms with Gasteiger partial charge in [0.1, 0.15) is 0 Å². The van der Waals surface area contributed by atoms with Gasteiger partial charge in [-0.3, -0.25) is 9.10 Å². The molecule has 0 spiro atoms. The van der Waals surface area contributed by atoms with Crippen LogP contribution >= 0.6 is 11.6 Å². The molecule has 4 aromatic carbocycles.